The van der Waals surface area contributed by atoms with E-state index in [4.69, 9.17) is 0 Å². The van der Waals surface area contributed by atoms with E-state index in [0.717, 1.165) is 28.0 Å². The first kappa shape index (κ1) is 12.0. The van der Waals surface area contributed by atoms with Crippen molar-refractivity contribution in [2.24, 2.45) is 4.40 Å². The van der Waals surface area contributed by atoms with E-state index in [1.165, 1.54) is 0 Å². The van der Waals surface area contributed by atoms with Gasteiger partial charge in [0.1, 0.15) is 5.65 Å². The average molecular weight is 267 g/mol. The Morgan fingerprint density at radius 1 is 1.21 bits per heavy atom. The summed E-state index contributed by atoms with van der Waals surface area (Å²) in [5, 5.41) is 0. The molecule has 1 aromatic carbocycles. The van der Waals surface area contributed by atoms with E-state index in [1.54, 1.807) is 6.20 Å². The molecule has 3 nitrogen and oxygen atoms in total. The maximum absolute atomic E-state index is 4.25. The molecule has 0 N–H and O–H groups in total. The van der Waals surface area contributed by atoms with Gasteiger partial charge in [0.05, 0.1) is 5.71 Å². The number of fused-ring (bicyclic) bond motifs is 1. The molecule has 0 amide bonds. The Hall–Kier alpha value is -2.07. The number of imidazole rings is 1. The van der Waals surface area contributed by atoms with Crippen LogP contribution in [0, 0.1) is 0 Å². The van der Waals surface area contributed by atoms with Crippen molar-refractivity contribution in [3.8, 4) is 11.1 Å². The molecule has 2 aromatic heterocycles. The molecule has 0 saturated carbocycles. The molecule has 4 heteroatoms. The molecule has 2 heterocycles. The topological polar surface area (TPSA) is 29.7 Å². The van der Waals surface area contributed by atoms with Crippen LogP contribution in [0.25, 0.3) is 16.8 Å². The highest BCUT2D eigenvalue weighted by Gasteiger charge is 2.03. The summed E-state index contributed by atoms with van der Waals surface area (Å²) in [7, 11) is 0. The van der Waals surface area contributed by atoms with E-state index in [-0.39, 0.29) is 0 Å². The van der Waals surface area contributed by atoms with Crippen LogP contribution in [0.2, 0.25) is 0 Å². The fraction of sp³-hybridized carbons (Fsp3) is 0.0667. The second-order valence-electron chi connectivity index (χ2n) is 4.38. The molecule has 19 heavy (non-hydrogen) atoms. The van der Waals surface area contributed by atoms with Crippen LogP contribution in [0.1, 0.15) is 12.5 Å². The number of benzene rings is 1. The van der Waals surface area contributed by atoms with Gasteiger partial charge in [-0.05, 0) is 54.6 Å². The summed E-state index contributed by atoms with van der Waals surface area (Å²) in [4.78, 5) is 4.25. The van der Waals surface area contributed by atoms with Crippen LogP contribution in [0.5, 0.6) is 0 Å². The van der Waals surface area contributed by atoms with E-state index in [9.17, 15) is 0 Å². The number of hydrogen-bond donors (Lipinski definition) is 1. The SMILES string of the molecule is C/C(=N\S)c1cccc(-c2ccc3nccn3c2)c1. The Kier molecular flexibility index (Phi) is 3.09. The Bertz CT molecular complexity index is 759. The summed E-state index contributed by atoms with van der Waals surface area (Å²) in [5.74, 6) is 0. The molecule has 3 aromatic rings. The molecule has 0 aliphatic carbocycles. The van der Waals surface area contributed by atoms with Crippen LogP contribution in [-0.4, -0.2) is 15.1 Å². The highest BCUT2D eigenvalue weighted by molar-refractivity contribution is 7.79. The zero-order valence-corrected chi connectivity index (χ0v) is 11.4. The summed E-state index contributed by atoms with van der Waals surface area (Å²) < 4.78 is 5.95. The van der Waals surface area contributed by atoms with Crippen LogP contribution in [0.15, 0.2) is 59.4 Å². The fourth-order valence-electron chi connectivity index (χ4n) is 2.07. The molecule has 0 spiro atoms. The van der Waals surface area contributed by atoms with E-state index < -0.39 is 0 Å². The highest BCUT2D eigenvalue weighted by Crippen LogP contribution is 2.21. The smallest absolute Gasteiger partial charge is 0.136 e. The maximum Gasteiger partial charge on any atom is 0.136 e. The Morgan fingerprint density at radius 3 is 2.95 bits per heavy atom. The summed E-state index contributed by atoms with van der Waals surface area (Å²) >= 11 is 3.96. The highest BCUT2D eigenvalue weighted by atomic mass is 32.1. The van der Waals surface area contributed by atoms with Gasteiger partial charge < -0.3 is 4.40 Å². The first-order valence-electron chi connectivity index (χ1n) is 6.00. The molecule has 0 fully saturated rings. The first-order valence-corrected chi connectivity index (χ1v) is 6.40. The lowest BCUT2D eigenvalue weighted by Gasteiger charge is -2.05. The van der Waals surface area contributed by atoms with Crippen molar-refractivity contribution < 1.29 is 0 Å². The lowest BCUT2D eigenvalue weighted by Crippen LogP contribution is -1.93. The Labute approximate surface area is 117 Å². The Balaban J connectivity index is 2.10. The molecule has 0 unspecified atom stereocenters. The summed E-state index contributed by atoms with van der Waals surface area (Å²) in [5.41, 5.74) is 5.25. The first-order chi connectivity index (χ1) is 9.28. The summed E-state index contributed by atoms with van der Waals surface area (Å²) in [6, 6.07) is 12.4. The maximum atomic E-state index is 4.25. The van der Waals surface area contributed by atoms with Crippen LogP contribution in [-0.2, 0) is 0 Å². The fourth-order valence-corrected chi connectivity index (χ4v) is 2.19. The molecular weight excluding hydrogens is 254 g/mol. The molecule has 0 aliphatic heterocycles. The molecular formula is C15H13N3S. The third-order valence-electron chi connectivity index (χ3n) is 3.15. The average Bonchev–Trinajstić information content (AvgIpc) is 2.94. The van der Waals surface area contributed by atoms with Crippen molar-refractivity contribution in [1.82, 2.24) is 9.38 Å². The molecule has 0 atom stereocenters. The number of aromatic nitrogens is 2. The molecule has 0 radical (unpaired) electrons. The van der Waals surface area contributed by atoms with Crippen molar-refractivity contribution in [3.63, 3.8) is 0 Å². The van der Waals surface area contributed by atoms with Crippen molar-refractivity contribution in [2.45, 2.75) is 6.92 Å². The Morgan fingerprint density at radius 2 is 2.11 bits per heavy atom. The predicted octanol–water partition coefficient (Wildman–Crippen LogP) is 3.66. The number of rotatable bonds is 2. The van der Waals surface area contributed by atoms with Crippen molar-refractivity contribution in [1.29, 1.82) is 0 Å². The zero-order chi connectivity index (χ0) is 13.2. The third-order valence-corrected chi connectivity index (χ3v) is 3.45. The van der Waals surface area contributed by atoms with Gasteiger partial charge in [-0.2, -0.15) is 0 Å². The third kappa shape index (κ3) is 2.27. The van der Waals surface area contributed by atoms with Gasteiger partial charge in [0.2, 0.25) is 0 Å². The number of thiol groups is 1. The lowest BCUT2D eigenvalue weighted by atomic mass is 10.0. The van der Waals surface area contributed by atoms with Gasteiger partial charge in [0.15, 0.2) is 0 Å². The van der Waals surface area contributed by atoms with Crippen LogP contribution in [0.4, 0.5) is 0 Å². The van der Waals surface area contributed by atoms with Crippen molar-refractivity contribution in [2.75, 3.05) is 0 Å². The van der Waals surface area contributed by atoms with Crippen molar-refractivity contribution >= 4 is 24.2 Å². The lowest BCUT2D eigenvalue weighted by molar-refractivity contribution is 1.19. The van der Waals surface area contributed by atoms with Crippen LogP contribution < -0.4 is 0 Å². The minimum atomic E-state index is 0.911. The second kappa shape index (κ2) is 4.90. The number of pyridine rings is 1. The van der Waals surface area contributed by atoms with Gasteiger partial charge in [-0.1, -0.05) is 18.2 Å². The van der Waals surface area contributed by atoms with Gasteiger partial charge >= 0.3 is 0 Å². The van der Waals surface area contributed by atoms with Crippen LogP contribution >= 0.6 is 12.8 Å². The molecule has 0 bridgehead atoms. The summed E-state index contributed by atoms with van der Waals surface area (Å²) in [6.45, 7) is 1.95. The van der Waals surface area contributed by atoms with Crippen molar-refractivity contribution in [3.05, 3.63) is 60.6 Å². The van der Waals surface area contributed by atoms with E-state index >= 15 is 0 Å². The van der Waals surface area contributed by atoms with E-state index in [1.807, 2.05) is 35.7 Å². The minimum absolute atomic E-state index is 0.911. The van der Waals surface area contributed by atoms with E-state index in [2.05, 4.69) is 46.6 Å². The van der Waals surface area contributed by atoms with Crippen LogP contribution in [0.3, 0.4) is 0 Å². The predicted molar refractivity (Wildman–Crippen MR) is 81.8 cm³/mol. The van der Waals surface area contributed by atoms with Gasteiger partial charge in [-0.25, -0.2) is 9.38 Å². The molecule has 3 rings (SSSR count). The van der Waals surface area contributed by atoms with E-state index in [0.29, 0.717) is 0 Å². The normalized spacial score (nSPS) is 12.0. The minimum Gasteiger partial charge on any atom is -0.306 e. The molecule has 0 aliphatic rings. The van der Waals surface area contributed by atoms with Gasteiger partial charge in [0.25, 0.3) is 0 Å². The standard InChI is InChI=1S/C15H13N3S/c1-11(17-19)12-3-2-4-13(9-12)14-5-6-15-16-7-8-18(15)10-14/h2-10,19H,1H3/b17-11+. The molecule has 0 saturated heterocycles. The summed E-state index contributed by atoms with van der Waals surface area (Å²) in [6.07, 6.45) is 5.82. The second-order valence-corrected chi connectivity index (χ2v) is 4.58. The molecule has 94 valence electrons. The number of nitrogens with zero attached hydrogens (tertiary/aromatic N) is 3. The van der Waals surface area contributed by atoms with Gasteiger partial charge in [0, 0.05) is 18.6 Å². The zero-order valence-electron chi connectivity index (χ0n) is 10.5. The monoisotopic (exact) mass is 267 g/mol. The van der Waals surface area contributed by atoms with Gasteiger partial charge in [-0.3, -0.25) is 0 Å². The largest absolute Gasteiger partial charge is 0.306 e. The quantitative estimate of drug-likeness (QED) is 0.557. The number of hydrogen-bond acceptors (Lipinski definition) is 3. The van der Waals surface area contributed by atoms with Gasteiger partial charge in [-0.15, -0.1) is 0 Å².